The minimum Gasteiger partial charge on any atom is -0.457 e. The number of hydrogen-bond acceptors (Lipinski definition) is 3. The molecular weight excluding hydrogens is 552 g/mol. The molecule has 0 bridgehead atoms. The molecule has 0 N–H and O–H groups in total. The molecule has 45 heavy (non-hydrogen) atoms. The summed E-state index contributed by atoms with van der Waals surface area (Å²) < 4.78 is 19.5. The van der Waals surface area contributed by atoms with Crippen molar-refractivity contribution in [1.29, 1.82) is 0 Å². The molecule has 215 valence electrons. The van der Waals surface area contributed by atoms with E-state index in [2.05, 4.69) is 30.3 Å². The second-order valence-electron chi connectivity index (χ2n) is 10.4. The van der Waals surface area contributed by atoms with E-state index in [-0.39, 0.29) is 0 Å². The number of ether oxygens (including phenoxy) is 3. The van der Waals surface area contributed by atoms with Crippen molar-refractivity contribution in [2.45, 2.75) is 0 Å². The molecule has 3 nitrogen and oxygen atoms in total. The van der Waals surface area contributed by atoms with Crippen LogP contribution in [0.3, 0.4) is 0 Å². The third-order valence-electron chi connectivity index (χ3n) is 7.36. The molecule has 1 radical (unpaired) electrons. The van der Waals surface area contributed by atoms with Crippen molar-refractivity contribution in [2.75, 3.05) is 0 Å². The fourth-order valence-corrected chi connectivity index (χ4v) is 5.28. The first kappa shape index (κ1) is 27.8. The van der Waals surface area contributed by atoms with Gasteiger partial charge in [-0.3, -0.25) is 0 Å². The molecule has 0 atom stereocenters. The summed E-state index contributed by atoms with van der Waals surface area (Å²) in [4.78, 5) is 0. The summed E-state index contributed by atoms with van der Waals surface area (Å²) in [7, 11) is 0. The van der Waals surface area contributed by atoms with Crippen LogP contribution in [0.5, 0.6) is 34.5 Å². The summed E-state index contributed by atoms with van der Waals surface area (Å²) in [6.07, 6.45) is 0. The smallest absolute Gasteiger partial charge is 0.143 e. The Hall–Kier alpha value is -6.06. The van der Waals surface area contributed by atoms with Gasteiger partial charge < -0.3 is 14.2 Å². The molecule has 0 unspecified atom stereocenters. The Morgan fingerprint density at radius 2 is 0.889 bits per heavy atom. The molecule has 0 aliphatic rings. The quantitative estimate of drug-likeness (QED) is 0.170. The highest BCUT2D eigenvalue weighted by atomic mass is 16.5. The number of benzene rings is 7. The minimum absolute atomic E-state index is 0.708. The second-order valence-corrected chi connectivity index (χ2v) is 10.4. The van der Waals surface area contributed by atoms with Gasteiger partial charge in [0.05, 0.1) is 0 Å². The summed E-state index contributed by atoms with van der Waals surface area (Å²) in [5, 5.41) is 0. The van der Waals surface area contributed by atoms with E-state index in [1.165, 1.54) is 0 Å². The van der Waals surface area contributed by atoms with Gasteiger partial charge in [0.2, 0.25) is 0 Å². The molecule has 0 saturated heterocycles. The minimum atomic E-state index is 0.708. The summed E-state index contributed by atoms with van der Waals surface area (Å²) in [6.45, 7) is 0. The van der Waals surface area contributed by atoms with E-state index in [0.29, 0.717) is 5.75 Å². The van der Waals surface area contributed by atoms with Gasteiger partial charge in [0, 0.05) is 22.3 Å². The number of para-hydroxylation sites is 4. The molecule has 3 heteroatoms. The molecule has 0 aromatic heterocycles. The highest BCUT2D eigenvalue weighted by Gasteiger charge is 2.22. The van der Waals surface area contributed by atoms with Gasteiger partial charge in [-0.1, -0.05) is 115 Å². The normalized spacial score (nSPS) is 10.7. The summed E-state index contributed by atoms with van der Waals surface area (Å²) in [6, 6.07) is 61.5. The van der Waals surface area contributed by atoms with Crippen molar-refractivity contribution in [3.63, 3.8) is 0 Å². The van der Waals surface area contributed by atoms with E-state index in [9.17, 15) is 0 Å². The molecule has 0 aliphatic heterocycles. The SMILES string of the molecule is [c]1cc(-c2ccccc2Oc2ccccc2)c(Oc2ccccc2)c(-c2ccccc2)c1-c1cccc(Oc2ccccc2)c1. The molecule has 0 spiro atoms. The molecule has 0 fully saturated rings. The monoisotopic (exact) mass is 581 g/mol. The Balaban J connectivity index is 1.43. The van der Waals surface area contributed by atoms with Crippen LogP contribution in [0.1, 0.15) is 0 Å². The van der Waals surface area contributed by atoms with Crippen molar-refractivity contribution in [3.05, 3.63) is 182 Å². The zero-order chi connectivity index (χ0) is 30.3. The Bertz CT molecular complexity index is 2010. The fraction of sp³-hybridized carbons (Fsp3) is 0. The topological polar surface area (TPSA) is 27.7 Å². The highest BCUT2D eigenvalue weighted by Crippen LogP contribution is 2.49. The summed E-state index contributed by atoms with van der Waals surface area (Å²) >= 11 is 0. The fourth-order valence-electron chi connectivity index (χ4n) is 5.28. The van der Waals surface area contributed by atoms with Crippen molar-refractivity contribution in [1.82, 2.24) is 0 Å². The molecule has 0 aliphatic carbocycles. The van der Waals surface area contributed by atoms with Crippen LogP contribution in [-0.4, -0.2) is 0 Å². The Labute approximate surface area is 263 Å². The largest absolute Gasteiger partial charge is 0.457 e. The predicted molar refractivity (Wildman–Crippen MR) is 181 cm³/mol. The van der Waals surface area contributed by atoms with E-state index in [0.717, 1.165) is 62.1 Å². The van der Waals surface area contributed by atoms with Crippen LogP contribution >= 0.6 is 0 Å². The maximum Gasteiger partial charge on any atom is 0.143 e. The predicted octanol–water partition coefficient (Wildman–Crippen LogP) is 11.9. The van der Waals surface area contributed by atoms with Crippen molar-refractivity contribution >= 4 is 0 Å². The van der Waals surface area contributed by atoms with Crippen LogP contribution in [0.2, 0.25) is 0 Å². The Morgan fingerprint density at radius 1 is 0.378 bits per heavy atom. The lowest BCUT2D eigenvalue weighted by Crippen LogP contribution is -1.97. The maximum atomic E-state index is 6.84. The van der Waals surface area contributed by atoms with Gasteiger partial charge in [-0.25, -0.2) is 0 Å². The zero-order valence-electron chi connectivity index (χ0n) is 24.5. The molecule has 0 heterocycles. The van der Waals surface area contributed by atoms with E-state index < -0.39 is 0 Å². The van der Waals surface area contributed by atoms with Crippen LogP contribution in [0, 0.1) is 6.07 Å². The van der Waals surface area contributed by atoms with Crippen LogP contribution in [-0.2, 0) is 0 Å². The van der Waals surface area contributed by atoms with Crippen LogP contribution in [0.4, 0.5) is 0 Å². The van der Waals surface area contributed by atoms with E-state index in [1.54, 1.807) is 0 Å². The maximum absolute atomic E-state index is 6.84. The van der Waals surface area contributed by atoms with Crippen LogP contribution in [0.15, 0.2) is 176 Å². The zero-order valence-corrected chi connectivity index (χ0v) is 24.5. The van der Waals surface area contributed by atoms with Crippen molar-refractivity contribution < 1.29 is 14.2 Å². The highest BCUT2D eigenvalue weighted by molar-refractivity contribution is 5.94. The summed E-state index contributed by atoms with van der Waals surface area (Å²) in [5.41, 5.74) is 5.55. The molecule has 0 saturated carbocycles. The van der Waals surface area contributed by atoms with E-state index in [1.807, 2.05) is 152 Å². The van der Waals surface area contributed by atoms with Gasteiger partial charge >= 0.3 is 0 Å². The Morgan fingerprint density at radius 3 is 1.56 bits per heavy atom. The first-order chi connectivity index (χ1) is 22.3. The van der Waals surface area contributed by atoms with Gasteiger partial charge in [-0.2, -0.15) is 0 Å². The first-order valence-electron chi connectivity index (χ1n) is 14.8. The van der Waals surface area contributed by atoms with Gasteiger partial charge in [0.25, 0.3) is 0 Å². The Kier molecular flexibility index (Phi) is 8.06. The van der Waals surface area contributed by atoms with E-state index >= 15 is 0 Å². The second kappa shape index (κ2) is 13.1. The molecular formula is C42H29O3. The van der Waals surface area contributed by atoms with Gasteiger partial charge in [-0.15, -0.1) is 0 Å². The summed E-state index contributed by atoms with van der Waals surface area (Å²) in [5.74, 6) is 4.44. The first-order valence-corrected chi connectivity index (χ1v) is 14.8. The lowest BCUT2D eigenvalue weighted by Gasteiger charge is -2.21. The van der Waals surface area contributed by atoms with Crippen molar-refractivity contribution in [3.8, 4) is 67.9 Å². The van der Waals surface area contributed by atoms with Crippen LogP contribution in [0.25, 0.3) is 33.4 Å². The molecule has 7 aromatic carbocycles. The lowest BCUT2D eigenvalue weighted by molar-refractivity contribution is 0.478. The average Bonchev–Trinajstić information content (AvgIpc) is 3.10. The average molecular weight is 582 g/mol. The van der Waals surface area contributed by atoms with Gasteiger partial charge in [-0.05, 0) is 77.9 Å². The van der Waals surface area contributed by atoms with Gasteiger partial charge in [0.1, 0.15) is 34.5 Å². The van der Waals surface area contributed by atoms with Crippen molar-refractivity contribution in [2.24, 2.45) is 0 Å². The molecule has 7 rings (SSSR count). The molecule has 7 aromatic rings. The third-order valence-corrected chi connectivity index (χ3v) is 7.36. The van der Waals surface area contributed by atoms with E-state index in [4.69, 9.17) is 14.2 Å². The lowest BCUT2D eigenvalue weighted by atomic mass is 9.89. The van der Waals surface area contributed by atoms with Crippen LogP contribution < -0.4 is 14.2 Å². The third kappa shape index (κ3) is 6.34. The standard InChI is InChI=1S/C42H29O3/c1-5-16-31(17-6-1)41-37(32-18-15-25-36(30-32)43-33-19-7-2-8-20-33)28-29-39(42(41)45-35-23-11-4-12-24-35)38-26-13-14-27-40(38)44-34-21-9-3-10-22-34/h1-27,29-30H. The number of rotatable bonds is 9. The number of hydrogen-bond donors (Lipinski definition) is 0. The molecule has 0 amide bonds. The van der Waals surface area contributed by atoms with Gasteiger partial charge in [0.15, 0.2) is 0 Å².